The van der Waals surface area contributed by atoms with E-state index in [0.29, 0.717) is 6.04 Å². The highest BCUT2D eigenvalue weighted by Gasteiger charge is 2.28. The smallest absolute Gasteiger partial charge is 0.00672 e. The minimum Gasteiger partial charge on any atom is -0.327 e. The van der Waals surface area contributed by atoms with E-state index in [4.69, 9.17) is 5.73 Å². The lowest BCUT2D eigenvalue weighted by molar-refractivity contribution is 0.359. The van der Waals surface area contributed by atoms with Gasteiger partial charge in [-0.05, 0) is 43.4 Å². The second-order valence-corrected chi connectivity index (χ2v) is 4.80. The van der Waals surface area contributed by atoms with Crippen molar-refractivity contribution in [2.24, 2.45) is 23.5 Å². The molecular formula is C11H23N. The van der Waals surface area contributed by atoms with E-state index in [0.717, 1.165) is 17.8 Å². The van der Waals surface area contributed by atoms with E-state index in [1.54, 1.807) is 0 Å². The monoisotopic (exact) mass is 169 g/mol. The van der Waals surface area contributed by atoms with Crippen molar-refractivity contribution in [3.63, 3.8) is 0 Å². The third kappa shape index (κ3) is 3.14. The van der Waals surface area contributed by atoms with Crippen LogP contribution in [-0.4, -0.2) is 6.04 Å². The van der Waals surface area contributed by atoms with E-state index in [1.165, 1.54) is 25.7 Å². The molecule has 0 spiro atoms. The maximum absolute atomic E-state index is 6.03. The third-order valence-electron chi connectivity index (χ3n) is 3.32. The van der Waals surface area contributed by atoms with Crippen molar-refractivity contribution in [1.29, 1.82) is 0 Å². The van der Waals surface area contributed by atoms with Crippen LogP contribution in [0.3, 0.4) is 0 Å². The molecule has 0 aromatic heterocycles. The first-order valence-corrected chi connectivity index (χ1v) is 5.37. The molecule has 1 heteroatoms. The Hall–Kier alpha value is -0.0400. The fourth-order valence-corrected chi connectivity index (χ4v) is 1.55. The highest BCUT2D eigenvalue weighted by atomic mass is 14.7. The van der Waals surface area contributed by atoms with E-state index in [2.05, 4.69) is 20.8 Å². The SMILES string of the molecule is CC(C)C(C)CCC(N)C1CC1. The molecular weight excluding hydrogens is 146 g/mol. The maximum atomic E-state index is 6.03. The predicted octanol–water partition coefficient (Wildman–Crippen LogP) is 2.80. The summed E-state index contributed by atoms with van der Waals surface area (Å²) in [7, 11) is 0. The van der Waals surface area contributed by atoms with Gasteiger partial charge in [-0.25, -0.2) is 0 Å². The number of rotatable bonds is 5. The molecule has 1 saturated carbocycles. The van der Waals surface area contributed by atoms with Gasteiger partial charge in [0.05, 0.1) is 0 Å². The van der Waals surface area contributed by atoms with Gasteiger partial charge < -0.3 is 5.73 Å². The Morgan fingerprint density at radius 2 is 1.75 bits per heavy atom. The molecule has 2 unspecified atom stereocenters. The molecule has 0 aromatic carbocycles. The van der Waals surface area contributed by atoms with E-state index < -0.39 is 0 Å². The van der Waals surface area contributed by atoms with Gasteiger partial charge in [0.2, 0.25) is 0 Å². The fourth-order valence-electron chi connectivity index (χ4n) is 1.55. The van der Waals surface area contributed by atoms with Crippen LogP contribution in [0.5, 0.6) is 0 Å². The molecule has 12 heavy (non-hydrogen) atoms. The Bertz CT molecular complexity index is 119. The third-order valence-corrected chi connectivity index (χ3v) is 3.32. The first-order chi connectivity index (χ1) is 5.61. The van der Waals surface area contributed by atoms with Gasteiger partial charge in [0.1, 0.15) is 0 Å². The summed E-state index contributed by atoms with van der Waals surface area (Å²) in [5.74, 6) is 2.54. The van der Waals surface area contributed by atoms with Crippen LogP contribution in [0.1, 0.15) is 46.5 Å². The highest BCUT2D eigenvalue weighted by molar-refractivity contribution is 4.84. The fraction of sp³-hybridized carbons (Fsp3) is 1.00. The molecule has 1 fully saturated rings. The van der Waals surface area contributed by atoms with Crippen molar-refractivity contribution in [2.75, 3.05) is 0 Å². The summed E-state index contributed by atoms with van der Waals surface area (Å²) >= 11 is 0. The predicted molar refractivity (Wildman–Crippen MR) is 53.9 cm³/mol. The van der Waals surface area contributed by atoms with Gasteiger partial charge in [-0.2, -0.15) is 0 Å². The van der Waals surface area contributed by atoms with Gasteiger partial charge in [0, 0.05) is 6.04 Å². The van der Waals surface area contributed by atoms with E-state index in [1.807, 2.05) is 0 Å². The van der Waals surface area contributed by atoms with Gasteiger partial charge in [0.25, 0.3) is 0 Å². The first kappa shape index (κ1) is 10.0. The summed E-state index contributed by atoms with van der Waals surface area (Å²) in [5, 5.41) is 0. The zero-order chi connectivity index (χ0) is 9.14. The molecule has 2 N–H and O–H groups in total. The highest BCUT2D eigenvalue weighted by Crippen LogP contribution is 2.34. The minimum absolute atomic E-state index is 0.506. The Morgan fingerprint density at radius 1 is 1.17 bits per heavy atom. The van der Waals surface area contributed by atoms with Crippen LogP contribution < -0.4 is 5.73 Å². The number of hydrogen-bond acceptors (Lipinski definition) is 1. The van der Waals surface area contributed by atoms with Crippen molar-refractivity contribution in [3.05, 3.63) is 0 Å². The normalized spacial score (nSPS) is 22.8. The van der Waals surface area contributed by atoms with Gasteiger partial charge in [-0.15, -0.1) is 0 Å². The van der Waals surface area contributed by atoms with Gasteiger partial charge in [-0.3, -0.25) is 0 Å². The molecule has 0 saturated heterocycles. The van der Waals surface area contributed by atoms with E-state index in [-0.39, 0.29) is 0 Å². The largest absolute Gasteiger partial charge is 0.327 e. The molecule has 1 aliphatic carbocycles. The standard InChI is InChI=1S/C11H23N/c1-8(2)9(3)4-7-11(12)10-5-6-10/h8-11H,4-7,12H2,1-3H3. The van der Waals surface area contributed by atoms with Crippen LogP contribution in [0.4, 0.5) is 0 Å². The molecule has 0 aromatic rings. The van der Waals surface area contributed by atoms with Crippen molar-refractivity contribution in [1.82, 2.24) is 0 Å². The van der Waals surface area contributed by atoms with Crippen molar-refractivity contribution >= 4 is 0 Å². The zero-order valence-electron chi connectivity index (χ0n) is 8.72. The molecule has 0 heterocycles. The summed E-state index contributed by atoms with van der Waals surface area (Å²) < 4.78 is 0. The topological polar surface area (TPSA) is 26.0 Å². The van der Waals surface area contributed by atoms with E-state index in [9.17, 15) is 0 Å². The van der Waals surface area contributed by atoms with Crippen LogP contribution in [0.25, 0.3) is 0 Å². The summed E-state index contributed by atoms with van der Waals surface area (Å²) in [5.41, 5.74) is 6.03. The Labute approximate surface area is 76.7 Å². The summed E-state index contributed by atoms with van der Waals surface area (Å²) in [6.07, 6.45) is 5.33. The minimum atomic E-state index is 0.506. The molecule has 0 radical (unpaired) electrons. The van der Waals surface area contributed by atoms with E-state index >= 15 is 0 Å². The second kappa shape index (κ2) is 4.27. The molecule has 1 aliphatic rings. The van der Waals surface area contributed by atoms with Crippen molar-refractivity contribution in [3.8, 4) is 0 Å². The summed E-state index contributed by atoms with van der Waals surface area (Å²) in [6, 6.07) is 0.506. The van der Waals surface area contributed by atoms with Crippen LogP contribution in [0.15, 0.2) is 0 Å². The average Bonchev–Trinajstić information content (AvgIpc) is 2.81. The Kier molecular flexibility index (Phi) is 3.57. The summed E-state index contributed by atoms with van der Waals surface area (Å²) in [6.45, 7) is 6.94. The molecule has 1 nitrogen and oxygen atoms in total. The average molecular weight is 169 g/mol. The molecule has 0 amide bonds. The Morgan fingerprint density at radius 3 is 2.17 bits per heavy atom. The molecule has 0 aliphatic heterocycles. The van der Waals surface area contributed by atoms with Crippen LogP contribution >= 0.6 is 0 Å². The van der Waals surface area contributed by atoms with Crippen molar-refractivity contribution < 1.29 is 0 Å². The Balaban J connectivity index is 2.07. The van der Waals surface area contributed by atoms with Gasteiger partial charge >= 0.3 is 0 Å². The lowest BCUT2D eigenvalue weighted by Gasteiger charge is -2.17. The quantitative estimate of drug-likeness (QED) is 0.673. The molecule has 72 valence electrons. The summed E-state index contributed by atoms with van der Waals surface area (Å²) in [4.78, 5) is 0. The zero-order valence-corrected chi connectivity index (χ0v) is 8.72. The van der Waals surface area contributed by atoms with Gasteiger partial charge in [-0.1, -0.05) is 20.8 Å². The van der Waals surface area contributed by atoms with Crippen LogP contribution in [0.2, 0.25) is 0 Å². The maximum Gasteiger partial charge on any atom is 0.00672 e. The lowest BCUT2D eigenvalue weighted by Crippen LogP contribution is -2.23. The number of nitrogens with two attached hydrogens (primary N) is 1. The van der Waals surface area contributed by atoms with Crippen LogP contribution in [0, 0.1) is 17.8 Å². The first-order valence-electron chi connectivity index (χ1n) is 5.37. The number of hydrogen-bond donors (Lipinski definition) is 1. The van der Waals surface area contributed by atoms with Crippen LogP contribution in [-0.2, 0) is 0 Å². The lowest BCUT2D eigenvalue weighted by atomic mass is 9.91. The molecule has 0 bridgehead atoms. The second-order valence-electron chi connectivity index (χ2n) is 4.80. The molecule has 1 rings (SSSR count). The van der Waals surface area contributed by atoms with Crippen molar-refractivity contribution in [2.45, 2.75) is 52.5 Å². The molecule has 2 atom stereocenters. The van der Waals surface area contributed by atoms with Gasteiger partial charge in [0.15, 0.2) is 0 Å².